The third kappa shape index (κ3) is 3.54. The van der Waals surface area contributed by atoms with Gasteiger partial charge in [0.25, 0.3) is 0 Å². The number of fused-ring (bicyclic) bond motifs is 1. The number of aryl methyl sites for hydroxylation is 1. The van der Waals surface area contributed by atoms with Crippen molar-refractivity contribution >= 4 is 6.03 Å². The lowest BCUT2D eigenvalue weighted by Crippen LogP contribution is -2.50. The fourth-order valence-corrected chi connectivity index (χ4v) is 3.38. The maximum absolute atomic E-state index is 12.6. The number of urea groups is 1. The van der Waals surface area contributed by atoms with Crippen LogP contribution in [0.3, 0.4) is 0 Å². The van der Waals surface area contributed by atoms with E-state index in [9.17, 15) is 4.79 Å². The van der Waals surface area contributed by atoms with Crippen LogP contribution in [0.5, 0.6) is 0 Å². The second-order valence-electron chi connectivity index (χ2n) is 7.63. The SMILES string of the molecule is Cn1nccc1-c1ccc(CN)c2c1CCN(C(=O)NC(C)(C)C)C2. The van der Waals surface area contributed by atoms with Crippen LogP contribution in [0.15, 0.2) is 24.4 Å². The molecule has 3 rings (SSSR count). The fourth-order valence-electron chi connectivity index (χ4n) is 3.38. The molecule has 134 valence electrons. The van der Waals surface area contributed by atoms with Gasteiger partial charge in [0.2, 0.25) is 0 Å². The number of amides is 2. The summed E-state index contributed by atoms with van der Waals surface area (Å²) in [5, 5.41) is 7.34. The Morgan fingerprint density at radius 1 is 1.28 bits per heavy atom. The summed E-state index contributed by atoms with van der Waals surface area (Å²) in [4.78, 5) is 14.4. The highest BCUT2D eigenvalue weighted by Gasteiger charge is 2.27. The number of nitrogens with two attached hydrogens (primary N) is 1. The number of nitrogens with one attached hydrogen (secondary N) is 1. The van der Waals surface area contributed by atoms with Crippen LogP contribution in [-0.2, 0) is 26.6 Å². The molecule has 1 aliphatic rings. The third-order valence-corrected chi connectivity index (χ3v) is 4.59. The minimum atomic E-state index is -0.245. The average molecular weight is 341 g/mol. The number of carbonyl (C=O) groups excluding carboxylic acids is 1. The van der Waals surface area contributed by atoms with Gasteiger partial charge in [-0.15, -0.1) is 0 Å². The molecule has 0 bridgehead atoms. The highest BCUT2D eigenvalue weighted by molar-refractivity contribution is 5.76. The Balaban J connectivity index is 1.96. The predicted octanol–water partition coefficient (Wildman–Crippen LogP) is 2.41. The van der Waals surface area contributed by atoms with Gasteiger partial charge in [-0.25, -0.2) is 4.79 Å². The third-order valence-electron chi connectivity index (χ3n) is 4.59. The molecule has 0 atom stereocenters. The Bertz CT molecular complexity index is 788. The van der Waals surface area contributed by atoms with Crippen molar-refractivity contribution in [2.24, 2.45) is 12.8 Å². The highest BCUT2D eigenvalue weighted by atomic mass is 16.2. The van der Waals surface area contributed by atoms with Crippen molar-refractivity contribution in [3.63, 3.8) is 0 Å². The van der Waals surface area contributed by atoms with E-state index >= 15 is 0 Å². The highest BCUT2D eigenvalue weighted by Crippen LogP contribution is 2.32. The number of rotatable bonds is 2. The van der Waals surface area contributed by atoms with Gasteiger partial charge in [-0.3, -0.25) is 4.68 Å². The van der Waals surface area contributed by atoms with Crippen molar-refractivity contribution in [3.8, 4) is 11.3 Å². The zero-order chi connectivity index (χ0) is 18.2. The molecule has 2 heterocycles. The molecule has 0 aliphatic carbocycles. The number of nitrogens with zero attached hydrogens (tertiary/aromatic N) is 3. The van der Waals surface area contributed by atoms with E-state index in [-0.39, 0.29) is 11.6 Å². The molecule has 3 N–H and O–H groups in total. The molecule has 1 aromatic carbocycles. The van der Waals surface area contributed by atoms with E-state index in [1.54, 1.807) is 0 Å². The summed E-state index contributed by atoms with van der Waals surface area (Å²) in [6, 6.07) is 6.21. The number of aromatic nitrogens is 2. The van der Waals surface area contributed by atoms with Crippen LogP contribution in [0.2, 0.25) is 0 Å². The Morgan fingerprint density at radius 2 is 2.04 bits per heavy atom. The van der Waals surface area contributed by atoms with Crippen LogP contribution < -0.4 is 11.1 Å². The van der Waals surface area contributed by atoms with Gasteiger partial charge in [-0.1, -0.05) is 12.1 Å². The van der Waals surface area contributed by atoms with E-state index in [2.05, 4.69) is 22.5 Å². The maximum atomic E-state index is 12.6. The van der Waals surface area contributed by atoms with E-state index in [1.807, 2.05) is 49.7 Å². The Labute approximate surface area is 149 Å². The van der Waals surface area contributed by atoms with E-state index in [4.69, 9.17) is 5.73 Å². The molecule has 2 aromatic rings. The zero-order valence-electron chi connectivity index (χ0n) is 15.5. The smallest absolute Gasteiger partial charge is 0.318 e. The minimum Gasteiger partial charge on any atom is -0.333 e. The lowest BCUT2D eigenvalue weighted by atomic mass is 9.89. The molecule has 6 heteroatoms. The largest absolute Gasteiger partial charge is 0.333 e. The van der Waals surface area contributed by atoms with E-state index in [0.717, 1.165) is 17.7 Å². The quantitative estimate of drug-likeness (QED) is 0.881. The van der Waals surface area contributed by atoms with Gasteiger partial charge >= 0.3 is 6.03 Å². The van der Waals surface area contributed by atoms with Gasteiger partial charge in [-0.05, 0) is 49.9 Å². The Kier molecular flexibility index (Phi) is 4.56. The molecular weight excluding hydrogens is 314 g/mol. The first-order valence-corrected chi connectivity index (χ1v) is 8.69. The van der Waals surface area contributed by atoms with Crippen molar-refractivity contribution in [1.29, 1.82) is 0 Å². The molecule has 1 aliphatic heterocycles. The van der Waals surface area contributed by atoms with Crippen molar-refractivity contribution in [1.82, 2.24) is 20.0 Å². The zero-order valence-corrected chi connectivity index (χ0v) is 15.5. The molecule has 2 amide bonds. The van der Waals surface area contributed by atoms with Crippen molar-refractivity contribution in [3.05, 3.63) is 41.1 Å². The van der Waals surface area contributed by atoms with Gasteiger partial charge in [0.05, 0.1) is 5.69 Å². The second-order valence-corrected chi connectivity index (χ2v) is 7.63. The van der Waals surface area contributed by atoms with E-state index in [1.165, 1.54) is 16.7 Å². The normalized spacial score (nSPS) is 14.4. The first-order chi connectivity index (χ1) is 11.8. The molecule has 25 heavy (non-hydrogen) atoms. The van der Waals surface area contributed by atoms with Crippen LogP contribution in [0.1, 0.15) is 37.5 Å². The van der Waals surface area contributed by atoms with Crippen LogP contribution in [0.4, 0.5) is 4.79 Å². The molecular formula is C19H27N5O. The Morgan fingerprint density at radius 3 is 2.64 bits per heavy atom. The number of benzene rings is 1. The standard InChI is InChI=1S/C19H27N5O/c1-19(2,3)22-18(25)24-10-8-14-15(17-7-9-21-23(17)4)6-5-13(11-20)16(14)12-24/h5-7,9H,8,10-12,20H2,1-4H3,(H,22,25). The molecule has 6 nitrogen and oxygen atoms in total. The van der Waals surface area contributed by atoms with Gasteiger partial charge < -0.3 is 16.0 Å². The topological polar surface area (TPSA) is 76.2 Å². The number of hydrogen-bond donors (Lipinski definition) is 2. The molecule has 0 saturated heterocycles. The summed E-state index contributed by atoms with van der Waals surface area (Å²) >= 11 is 0. The summed E-state index contributed by atoms with van der Waals surface area (Å²) in [7, 11) is 1.95. The molecule has 0 fully saturated rings. The van der Waals surface area contributed by atoms with Crippen molar-refractivity contribution < 1.29 is 4.79 Å². The predicted molar refractivity (Wildman–Crippen MR) is 98.9 cm³/mol. The van der Waals surface area contributed by atoms with Gasteiger partial charge in [0.1, 0.15) is 0 Å². The minimum absolute atomic E-state index is 0.0212. The summed E-state index contributed by atoms with van der Waals surface area (Å²) in [5.74, 6) is 0. The maximum Gasteiger partial charge on any atom is 0.318 e. The monoisotopic (exact) mass is 341 g/mol. The summed E-state index contributed by atoms with van der Waals surface area (Å²) in [6.07, 6.45) is 2.63. The van der Waals surface area contributed by atoms with Crippen LogP contribution in [0.25, 0.3) is 11.3 Å². The van der Waals surface area contributed by atoms with Gasteiger partial charge in [-0.2, -0.15) is 5.10 Å². The fraction of sp³-hybridized carbons (Fsp3) is 0.474. The summed E-state index contributed by atoms with van der Waals surface area (Å²) in [5.41, 5.74) is 11.6. The van der Waals surface area contributed by atoms with Crippen LogP contribution in [-0.4, -0.2) is 32.8 Å². The summed E-state index contributed by atoms with van der Waals surface area (Å²) < 4.78 is 1.89. The molecule has 0 radical (unpaired) electrons. The number of carbonyl (C=O) groups is 1. The number of hydrogen-bond acceptors (Lipinski definition) is 3. The van der Waals surface area contributed by atoms with Gasteiger partial charge in [0, 0.05) is 44.0 Å². The van der Waals surface area contributed by atoms with Crippen molar-refractivity contribution in [2.75, 3.05) is 6.54 Å². The van der Waals surface area contributed by atoms with Gasteiger partial charge in [0.15, 0.2) is 0 Å². The molecule has 1 aromatic heterocycles. The molecule has 0 unspecified atom stereocenters. The summed E-state index contributed by atoms with van der Waals surface area (Å²) in [6.45, 7) is 7.75. The lowest BCUT2D eigenvalue weighted by molar-refractivity contribution is 0.183. The molecule has 0 spiro atoms. The molecule has 0 saturated carbocycles. The van der Waals surface area contributed by atoms with Crippen LogP contribution >= 0.6 is 0 Å². The van der Waals surface area contributed by atoms with E-state index < -0.39 is 0 Å². The van der Waals surface area contributed by atoms with E-state index in [0.29, 0.717) is 19.6 Å². The van der Waals surface area contributed by atoms with Crippen LogP contribution in [0, 0.1) is 0 Å². The Hall–Kier alpha value is -2.34. The second kappa shape index (κ2) is 6.52. The first kappa shape index (κ1) is 17.5. The lowest BCUT2D eigenvalue weighted by Gasteiger charge is -2.34. The van der Waals surface area contributed by atoms with Crippen molar-refractivity contribution in [2.45, 2.75) is 45.8 Å². The first-order valence-electron chi connectivity index (χ1n) is 8.69. The average Bonchev–Trinajstić information content (AvgIpc) is 2.97.